The van der Waals surface area contributed by atoms with Crippen LogP contribution < -0.4 is 0 Å². The van der Waals surface area contributed by atoms with Crippen molar-refractivity contribution in [3.8, 4) is 6.07 Å². The van der Waals surface area contributed by atoms with Crippen LogP contribution in [0.5, 0.6) is 0 Å². The molecule has 1 N–H and O–H groups in total. The normalized spacial score (nSPS) is 16.6. The Kier molecular flexibility index (Phi) is 6.54. The number of nitriles is 1. The van der Waals surface area contributed by atoms with Gasteiger partial charge in [0.2, 0.25) is 0 Å². The van der Waals surface area contributed by atoms with E-state index >= 15 is 0 Å². The fourth-order valence-corrected chi connectivity index (χ4v) is 5.15. The minimum absolute atomic E-state index is 0.000139. The monoisotopic (exact) mass is 466 g/mol. The standard InChI is InChI=1S/C27H25ClF2N2O/c1-27(2,33)25(20-11-23(29)13-24(30)12-20)21-15-32(16-21)26(18-6-8-22(28)9-7-18)19-5-3-4-17(10-19)14-31/h3-13,21,25-26,33H,15-16H2,1-2H3. The highest BCUT2D eigenvalue weighted by atomic mass is 35.5. The molecule has 33 heavy (non-hydrogen) atoms. The molecule has 170 valence electrons. The molecular formula is C27H25ClF2N2O. The minimum atomic E-state index is -1.16. The van der Waals surface area contributed by atoms with Gasteiger partial charge in [0.15, 0.2) is 0 Å². The van der Waals surface area contributed by atoms with Gasteiger partial charge in [0.25, 0.3) is 0 Å². The summed E-state index contributed by atoms with van der Waals surface area (Å²) >= 11 is 6.10. The molecule has 4 rings (SSSR count). The molecule has 2 unspecified atom stereocenters. The van der Waals surface area contributed by atoms with Gasteiger partial charge in [0.05, 0.1) is 23.3 Å². The fourth-order valence-electron chi connectivity index (χ4n) is 5.02. The van der Waals surface area contributed by atoms with Crippen LogP contribution in [-0.4, -0.2) is 28.7 Å². The first-order valence-electron chi connectivity index (χ1n) is 10.8. The van der Waals surface area contributed by atoms with E-state index in [2.05, 4.69) is 11.0 Å². The van der Waals surface area contributed by atoms with Gasteiger partial charge in [-0.05, 0) is 72.9 Å². The van der Waals surface area contributed by atoms with Gasteiger partial charge >= 0.3 is 0 Å². The summed E-state index contributed by atoms with van der Waals surface area (Å²) in [6.07, 6.45) is 0. The van der Waals surface area contributed by atoms with Crippen LogP contribution in [0.2, 0.25) is 5.02 Å². The number of benzene rings is 3. The Hall–Kier alpha value is -2.78. The zero-order chi connectivity index (χ0) is 23.8. The van der Waals surface area contributed by atoms with Crippen molar-refractivity contribution in [3.05, 3.63) is 106 Å². The second-order valence-corrected chi connectivity index (χ2v) is 9.68. The highest BCUT2D eigenvalue weighted by molar-refractivity contribution is 6.30. The van der Waals surface area contributed by atoms with E-state index in [9.17, 15) is 19.1 Å². The summed E-state index contributed by atoms with van der Waals surface area (Å²) in [6.45, 7) is 4.60. The maximum Gasteiger partial charge on any atom is 0.126 e. The van der Waals surface area contributed by atoms with E-state index in [1.165, 1.54) is 12.1 Å². The highest BCUT2D eigenvalue weighted by Crippen LogP contribution is 2.44. The lowest BCUT2D eigenvalue weighted by Gasteiger charge is -2.50. The zero-order valence-corrected chi connectivity index (χ0v) is 19.2. The maximum absolute atomic E-state index is 13.9. The van der Waals surface area contributed by atoms with Crippen molar-refractivity contribution in [2.24, 2.45) is 5.92 Å². The molecule has 1 heterocycles. The van der Waals surface area contributed by atoms with Crippen molar-refractivity contribution in [2.75, 3.05) is 13.1 Å². The number of hydrogen-bond acceptors (Lipinski definition) is 3. The third kappa shape index (κ3) is 5.09. The first-order chi connectivity index (χ1) is 15.7. The Bertz CT molecular complexity index is 1160. The third-order valence-electron chi connectivity index (χ3n) is 6.30. The van der Waals surface area contributed by atoms with E-state index in [4.69, 9.17) is 11.6 Å². The first-order valence-corrected chi connectivity index (χ1v) is 11.2. The Morgan fingerprint density at radius 1 is 0.970 bits per heavy atom. The molecule has 3 aromatic rings. The number of hydrogen-bond donors (Lipinski definition) is 1. The topological polar surface area (TPSA) is 47.3 Å². The lowest BCUT2D eigenvalue weighted by molar-refractivity contribution is -0.0309. The predicted octanol–water partition coefficient (Wildman–Crippen LogP) is 6.07. The van der Waals surface area contributed by atoms with E-state index in [1.54, 1.807) is 19.9 Å². The molecule has 3 nitrogen and oxygen atoms in total. The number of rotatable bonds is 6. The largest absolute Gasteiger partial charge is 0.390 e. The van der Waals surface area contributed by atoms with Gasteiger partial charge in [-0.1, -0.05) is 35.9 Å². The van der Waals surface area contributed by atoms with Crippen LogP contribution in [0.25, 0.3) is 0 Å². The van der Waals surface area contributed by atoms with E-state index in [1.807, 2.05) is 42.5 Å². The van der Waals surface area contributed by atoms with Crippen molar-refractivity contribution in [3.63, 3.8) is 0 Å². The molecule has 0 radical (unpaired) electrons. The molecule has 0 aliphatic carbocycles. The first kappa shape index (κ1) is 23.4. The quantitative estimate of drug-likeness (QED) is 0.480. The summed E-state index contributed by atoms with van der Waals surface area (Å²) < 4.78 is 27.9. The van der Waals surface area contributed by atoms with Gasteiger partial charge in [-0.3, -0.25) is 4.90 Å². The molecule has 1 fully saturated rings. The van der Waals surface area contributed by atoms with Crippen LogP contribution in [0.1, 0.15) is 48.1 Å². The molecule has 0 bridgehead atoms. The molecule has 3 aromatic carbocycles. The van der Waals surface area contributed by atoms with Crippen molar-refractivity contribution in [2.45, 2.75) is 31.4 Å². The van der Waals surface area contributed by atoms with Crippen LogP contribution in [0, 0.1) is 28.9 Å². The van der Waals surface area contributed by atoms with Crippen molar-refractivity contribution < 1.29 is 13.9 Å². The van der Waals surface area contributed by atoms with E-state index in [-0.39, 0.29) is 12.0 Å². The molecule has 2 atom stereocenters. The lowest BCUT2D eigenvalue weighted by Crippen LogP contribution is -2.54. The number of likely N-dealkylation sites (tertiary alicyclic amines) is 1. The number of nitrogens with zero attached hydrogens (tertiary/aromatic N) is 2. The molecule has 1 saturated heterocycles. The van der Waals surface area contributed by atoms with Gasteiger partial charge in [0.1, 0.15) is 11.6 Å². The van der Waals surface area contributed by atoms with Gasteiger partial charge in [-0.25, -0.2) is 8.78 Å². The Morgan fingerprint density at radius 3 is 2.18 bits per heavy atom. The van der Waals surface area contributed by atoms with Crippen LogP contribution in [-0.2, 0) is 0 Å². The summed E-state index contributed by atoms with van der Waals surface area (Å²) in [5, 5.41) is 20.9. The molecule has 0 spiro atoms. The number of aliphatic hydroxyl groups is 1. The summed E-state index contributed by atoms with van der Waals surface area (Å²) in [5.74, 6) is -1.74. The van der Waals surface area contributed by atoms with Crippen molar-refractivity contribution in [1.82, 2.24) is 4.90 Å². The SMILES string of the molecule is CC(C)(O)C(c1cc(F)cc(F)c1)C1CN(C(c2ccc(Cl)cc2)c2cccc(C#N)c2)C1. The van der Waals surface area contributed by atoms with Crippen LogP contribution >= 0.6 is 11.6 Å². The second kappa shape index (κ2) is 9.23. The fraction of sp³-hybridized carbons (Fsp3) is 0.296. The van der Waals surface area contributed by atoms with E-state index in [0.717, 1.165) is 17.2 Å². The Labute approximate surface area is 197 Å². The second-order valence-electron chi connectivity index (χ2n) is 9.24. The number of halogens is 3. The van der Waals surface area contributed by atoms with Gasteiger partial charge < -0.3 is 5.11 Å². The maximum atomic E-state index is 13.9. The Morgan fingerprint density at radius 2 is 1.61 bits per heavy atom. The third-order valence-corrected chi connectivity index (χ3v) is 6.55. The molecule has 0 aromatic heterocycles. The van der Waals surface area contributed by atoms with Gasteiger partial charge in [-0.15, -0.1) is 0 Å². The predicted molar refractivity (Wildman–Crippen MR) is 125 cm³/mol. The molecule has 0 amide bonds. The lowest BCUT2D eigenvalue weighted by atomic mass is 9.71. The van der Waals surface area contributed by atoms with Crippen LogP contribution in [0.15, 0.2) is 66.7 Å². The van der Waals surface area contributed by atoms with Crippen LogP contribution in [0.4, 0.5) is 8.78 Å². The summed E-state index contributed by atoms with van der Waals surface area (Å²) in [4.78, 5) is 2.25. The molecule has 1 aliphatic heterocycles. The van der Waals surface area contributed by atoms with E-state index < -0.39 is 23.2 Å². The van der Waals surface area contributed by atoms with Crippen molar-refractivity contribution >= 4 is 11.6 Å². The van der Waals surface area contributed by atoms with E-state index in [0.29, 0.717) is 29.2 Å². The highest BCUT2D eigenvalue weighted by Gasteiger charge is 2.44. The van der Waals surface area contributed by atoms with Gasteiger partial charge in [-0.2, -0.15) is 5.26 Å². The molecule has 6 heteroatoms. The molecule has 0 saturated carbocycles. The summed E-state index contributed by atoms with van der Waals surface area (Å²) in [5.41, 5.74) is 1.89. The summed E-state index contributed by atoms with van der Waals surface area (Å²) in [6, 6.07) is 20.6. The van der Waals surface area contributed by atoms with Gasteiger partial charge in [0, 0.05) is 30.1 Å². The molecule has 1 aliphatic rings. The average Bonchev–Trinajstić information content (AvgIpc) is 2.72. The average molecular weight is 467 g/mol. The Balaban J connectivity index is 1.65. The zero-order valence-electron chi connectivity index (χ0n) is 18.5. The van der Waals surface area contributed by atoms with Crippen molar-refractivity contribution in [1.29, 1.82) is 5.26 Å². The summed E-state index contributed by atoms with van der Waals surface area (Å²) in [7, 11) is 0. The minimum Gasteiger partial charge on any atom is -0.390 e. The van der Waals surface area contributed by atoms with Crippen LogP contribution in [0.3, 0.4) is 0 Å². The molecular weight excluding hydrogens is 442 g/mol. The smallest absolute Gasteiger partial charge is 0.126 e.